The molecular formula is C16H26N3O2S+. The fourth-order valence-corrected chi connectivity index (χ4v) is 4.91. The fraction of sp³-hybridized carbons (Fsp3) is 0.688. The molecule has 0 bridgehead atoms. The average molecular weight is 324 g/mol. The third kappa shape index (κ3) is 3.27. The summed E-state index contributed by atoms with van der Waals surface area (Å²) in [6.07, 6.45) is 7.18. The van der Waals surface area contributed by atoms with Gasteiger partial charge in [-0.05, 0) is 37.7 Å². The molecule has 0 unspecified atom stereocenters. The first-order valence-electron chi connectivity index (χ1n) is 8.34. The Balaban J connectivity index is 1.75. The third-order valence-electron chi connectivity index (χ3n) is 4.72. The normalized spacial score (nSPS) is 24.4. The second kappa shape index (κ2) is 6.54. The molecule has 0 aromatic carbocycles. The molecule has 0 aliphatic carbocycles. The van der Waals surface area contributed by atoms with E-state index in [0.717, 1.165) is 38.2 Å². The number of aromatic amines is 1. The number of rotatable bonds is 3. The van der Waals surface area contributed by atoms with Gasteiger partial charge in [-0.1, -0.05) is 13.3 Å². The van der Waals surface area contributed by atoms with Crippen molar-refractivity contribution in [2.24, 2.45) is 5.92 Å². The quantitative estimate of drug-likeness (QED) is 0.853. The molecule has 122 valence electrons. The summed E-state index contributed by atoms with van der Waals surface area (Å²) < 4.78 is 26.9. The number of nitrogens with zero attached hydrogens (tertiary/aromatic N) is 2. The number of piperidine rings is 2. The maximum absolute atomic E-state index is 12.6. The van der Waals surface area contributed by atoms with Crippen molar-refractivity contribution in [1.82, 2.24) is 4.31 Å². The smallest absolute Gasteiger partial charge is 0.262 e. The SMILES string of the molecule is C[C@@H]1CCCN(c2ccc(S(=O)(=O)N3CCCCC3)c[nH+]2)C1. The van der Waals surface area contributed by atoms with Crippen LogP contribution >= 0.6 is 0 Å². The average Bonchev–Trinajstić information content (AvgIpc) is 2.56. The molecule has 6 heteroatoms. The van der Waals surface area contributed by atoms with Crippen LogP contribution < -0.4 is 9.88 Å². The van der Waals surface area contributed by atoms with E-state index in [-0.39, 0.29) is 0 Å². The van der Waals surface area contributed by atoms with Gasteiger partial charge in [0.2, 0.25) is 10.0 Å². The zero-order valence-electron chi connectivity index (χ0n) is 13.3. The van der Waals surface area contributed by atoms with Crippen molar-refractivity contribution in [3.8, 4) is 0 Å². The Morgan fingerprint density at radius 1 is 1.09 bits per heavy atom. The van der Waals surface area contributed by atoms with Gasteiger partial charge in [0.05, 0.1) is 13.1 Å². The predicted octanol–water partition coefficient (Wildman–Crippen LogP) is 1.91. The summed E-state index contributed by atoms with van der Waals surface area (Å²) in [7, 11) is -3.34. The minimum absolute atomic E-state index is 0.378. The van der Waals surface area contributed by atoms with E-state index in [2.05, 4.69) is 16.8 Å². The summed E-state index contributed by atoms with van der Waals surface area (Å²) in [5.41, 5.74) is 0. The standard InChI is InChI=1S/C16H25N3O2S/c1-14-6-5-9-18(13-14)16-8-7-15(12-17-16)22(20,21)19-10-3-2-4-11-19/h7-8,12,14H,2-6,9-11,13H2,1H3/p+1/t14-/m1/s1. The van der Waals surface area contributed by atoms with Crippen LogP contribution in [0.2, 0.25) is 0 Å². The first kappa shape index (κ1) is 15.7. The zero-order valence-corrected chi connectivity index (χ0v) is 14.1. The zero-order chi connectivity index (χ0) is 15.6. The summed E-state index contributed by atoms with van der Waals surface area (Å²) in [6.45, 7) is 5.64. The maximum atomic E-state index is 12.6. The van der Waals surface area contributed by atoms with Crippen molar-refractivity contribution >= 4 is 15.8 Å². The molecule has 0 saturated carbocycles. The predicted molar refractivity (Wildman–Crippen MR) is 86.2 cm³/mol. The molecule has 0 spiro atoms. The highest BCUT2D eigenvalue weighted by Gasteiger charge is 2.28. The van der Waals surface area contributed by atoms with Crippen molar-refractivity contribution in [3.63, 3.8) is 0 Å². The molecule has 1 N–H and O–H groups in total. The molecule has 22 heavy (non-hydrogen) atoms. The van der Waals surface area contributed by atoms with Gasteiger partial charge >= 0.3 is 0 Å². The lowest BCUT2D eigenvalue weighted by Gasteiger charge is -2.27. The van der Waals surface area contributed by atoms with Crippen LogP contribution in [-0.2, 0) is 10.0 Å². The monoisotopic (exact) mass is 324 g/mol. The number of H-pyrrole nitrogens is 1. The minimum atomic E-state index is -3.34. The van der Waals surface area contributed by atoms with E-state index < -0.39 is 10.0 Å². The Bertz CT molecular complexity index is 594. The molecule has 5 nitrogen and oxygen atoms in total. The van der Waals surface area contributed by atoms with E-state index in [1.54, 1.807) is 16.6 Å². The summed E-state index contributed by atoms with van der Waals surface area (Å²) in [4.78, 5) is 5.88. The first-order chi connectivity index (χ1) is 10.6. The maximum Gasteiger partial charge on any atom is 0.274 e. The molecule has 0 amide bonds. The van der Waals surface area contributed by atoms with Crippen LogP contribution in [0, 0.1) is 5.92 Å². The number of sulfonamides is 1. The van der Waals surface area contributed by atoms with E-state index in [0.29, 0.717) is 23.9 Å². The van der Waals surface area contributed by atoms with Crippen molar-refractivity contribution in [1.29, 1.82) is 0 Å². The second-order valence-electron chi connectivity index (χ2n) is 6.57. The highest BCUT2D eigenvalue weighted by molar-refractivity contribution is 7.89. The number of pyridine rings is 1. The Morgan fingerprint density at radius 3 is 2.50 bits per heavy atom. The van der Waals surface area contributed by atoms with Crippen LogP contribution in [0.3, 0.4) is 0 Å². The highest BCUT2D eigenvalue weighted by Crippen LogP contribution is 2.22. The van der Waals surface area contributed by atoms with Gasteiger partial charge in [0, 0.05) is 19.2 Å². The van der Waals surface area contributed by atoms with Gasteiger partial charge in [-0.25, -0.2) is 13.4 Å². The van der Waals surface area contributed by atoms with Gasteiger partial charge in [0.15, 0.2) is 0 Å². The lowest BCUT2D eigenvalue weighted by Crippen LogP contribution is -2.38. The summed E-state index contributed by atoms with van der Waals surface area (Å²) in [5, 5.41) is 0. The van der Waals surface area contributed by atoms with Crippen molar-refractivity contribution in [3.05, 3.63) is 18.3 Å². The van der Waals surface area contributed by atoms with Crippen LogP contribution in [0.5, 0.6) is 0 Å². The summed E-state index contributed by atoms with van der Waals surface area (Å²) in [5.74, 6) is 1.71. The Labute approximate surface area is 133 Å². The van der Waals surface area contributed by atoms with Crippen LogP contribution in [-0.4, -0.2) is 38.9 Å². The number of anilines is 1. The largest absolute Gasteiger partial charge is 0.274 e. The second-order valence-corrected chi connectivity index (χ2v) is 8.51. The van der Waals surface area contributed by atoms with E-state index in [9.17, 15) is 8.42 Å². The molecular weight excluding hydrogens is 298 g/mol. The fourth-order valence-electron chi connectivity index (χ4n) is 3.42. The van der Waals surface area contributed by atoms with Gasteiger partial charge in [-0.15, -0.1) is 0 Å². The molecule has 1 aromatic heterocycles. The Kier molecular flexibility index (Phi) is 4.68. The van der Waals surface area contributed by atoms with E-state index >= 15 is 0 Å². The van der Waals surface area contributed by atoms with Crippen molar-refractivity contribution in [2.45, 2.75) is 43.9 Å². The van der Waals surface area contributed by atoms with Crippen LogP contribution in [0.25, 0.3) is 0 Å². The lowest BCUT2D eigenvalue weighted by atomic mass is 10.0. The minimum Gasteiger partial charge on any atom is -0.262 e. The molecule has 1 aromatic rings. The lowest BCUT2D eigenvalue weighted by molar-refractivity contribution is -0.367. The van der Waals surface area contributed by atoms with E-state index in [1.165, 1.54) is 12.8 Å². The van der Waals surface area contributed by atoms with E-state index in [4.69, 9.17) is 0 Å². The Morgan fingerprint density at radius 2 is 1.86 bits per heavy atom. The topological polar surface area (TPSA) is 54.8 Å². The number of nitrogens with one attached hydrogen (secondary N) is 1. The van der Waals surface area contributed by atoms with Gasteiger partial charge in [-0.2, -0.15) is 4.31 Å². The Hall–Kier alpha value is -1.14. The van der Waals surface area contributed by atoms with Gasteiger partial charge < -0.3 is 0 Å². The van der Waals surface area contributed by atoms with Crippen LogP contribution in [0.15, 0.2) is 23.2 Å². The molecule has 3 rings (SSSR count). The molecule has 1 atom stereocenters. The van der Waals surface area contributed by atoms with Gasteiger partial charge in [0.1, 0.15) is 11.1 Å². The van der Waals surface area contributed by atoms with Crippen LogP contribution in [0.4, 0.5) is 5.82 Å². The number of hydrogen-bond donors (Lipinski definition) is 0. The highest BCUT2D eigenvalue weighted by atomic mass is 32.2. The first-order valence-corrected chi connectivity index (χ1v) is 9.78. The summed E-state index contributed by atoms with van der Waals surface area (Å²) in [6, 6.07) is 3.66. The summed E-state index contributed by atoms with van der Waals surface area (Å²) >= 11 is 0. The molecule has 0 radical (unpaired) electrons. The van der Waals surface area contributed by atoms with Crippen LogP contribution in [0.1, 0.15) is 39.0 Å². The molecule has 2 fully saturated rings. The van der Waals surface area contributed by atoms with Crippen molar-refractivity contribution < 1.29 is 13.4 Å². The molecule has 2 aliphatic heterocycles. The van der Waals surface area contributed by atoms with Gasteiger partial charge in [-0.3, -0.25) is 4.90 Å². The van der Waals surface area contributed by atoms with Crippen molar-refractivity contribution in [2.75, 3.05) is 31.1 Å². The molecule has 2 saturated heterocycles. The number of hydrogen-bond acceptors (Lipinski definition) is 3. The number of aromatic nitrogens is 1. The molecule has 2 aliphatic rings. The third-order valence-corrected chi connectivity index (χ3v) is 6.61. The van der Waals surface area contributed by atoms with Gasteiger partial charge in [0.25, 0.3) is 5.82 Å². The van der Waals surface area contributed by atoms with E-state index in [1.807, 2.05) is 6.07 Å². The molecule has 3 heterocycles.